The van der Waals surface area contributed by atoms with Crippen LogP contribution in [0.5, 0.6) is 5.75 Å². The summed E-state index contributed by atoms with van der Waals surface area (Å²) < 4.78 is 4.90. The first-order valence-electron chi connectivity index (χ1n) is 3.41. The summed E-state index contributed by atoms with van der Waals surface area (Å²) in [6.45, 7) is 0. The Morgan fingerprint density at radius 3 is 2.08 bits per heavy atom. The number of rotatable bonds is 2. The van der Waals surface area contributed by atoms with Gasteiger partial charge in [-0.05, 0) is 24.3 Å². The van der Waals surface area contributed by atoms with Crippen molar-refractivity contribution in [3.8, 4) is 5.75 Å². The van der Waals surface area contributed by atoms with Gasteiger partial charge in [-0.1, -0.05) is 0 Å². The van der Waals surface area contributed by atoms with E-state index < -0.39 is 0 Å². The summed E-state index contributed by atoms with van der Waals surface area (Å²) in [5.74, 6) is 0.769. The van der Waals surface area contributed by atoms with Gasteiger partial charge in [0.1, 0.15) is 12.0 Å². The Kier molecular flexibility index (Phi) is 5.65. The third kappa shape index (κ3) is 3.16. The molecule has 1 aromatic carbocycles. The Morgan fingerprint density at radius 2 is 1.75 bits per heavy atom. The van der Waals surface area contributed by atoms with Crippen molar-refractivity contribution in [3.63, 3.8) is 0 Å². The topological polar surface area (TPSA) is 46.5 Å². The molecule has 66 valence electrons. The summed E-state index contributed by atoms with van der Waals surface area (Å²) >= 11 is 0. The van der Waals surface area contributed by atoms with Crippen LogP contribution in [-0.4, -0.2) is 25.6 Å². The van der Waals surface area contributed by atoms with Crippen molar-refractivity contribution in [1.82, 2.24) is 0 Å². The van der Waals surface area contributed by atoms with Gasteiger partial charge in [0.05, 0.1) is 7.11 Å². The van der Waals surface area contributed by atoms with E-state index in [1.807, 2.05) is 0 Å². The number of aliphatic hydroxyl groups is 1. The Hall–Kier alpha value is -1.35. The number of ether oxygens (including phenoxy) is 1. The Balaban J connectivity index is 0.000000561. The molecule has 12 heavy (non-hydrogen) atoms. The first-order chi connectivity index (χ1) is 5.86. The zero-order chi connectivity index (χ0) is 9.40. The number of methoxy groups -OCH3 is 1. The lowest BCUT2D eigenvalue weighted by Crippen LogP contribution is -1.82. The van der Waals surface area contributed by atoms with Crippen molar-refractivity contribution in [1.29, 1.82) is 0 Å². The lowest BCUT2D eigenvalue weighted by atomic mass is 10.2. The normalized spacial score (nSPS) is 7.92. The van der Waals surface area contributed by atoms with Crippen molar-refractivity contribution in [2.24, 2.45) is 0 Å². The molecular formula is C9H12O3. The van der Waals surface area contributed by atoms with E-state index >= 15 is 0 Å². The fourth-order valence-corrected chi connectivity index (χ4v) is 0.682. The second-order valence-electron chi connectivity index (χ2n) is 1.89. The van der Waals surface area contributed by atoms with Crippen LogP contribution in [0.15, 0.2) is 24.3 Å². The first-order valence-corrected chi connectivity index (χ1v) is 3.41. The maximum atomic E-state index is 10.2. The summed E-state index contributed by atoms with van der Waals surface area (Å²) in [4.78, 5) is 10.2. The second kappa shape index (κ2) is 6.37. The quantitative estimate of drug-likeness (QED) is 0.673. The van der Waals surface area contributed by atoms with Crippen LogP contribution in [0.3, 0.4) is 0 Å². The number of carbonyl (C=O) groups is 1. The lowest BCUT2D eigenvalue weighted by Gasteiger charge is -1.96. The molecule has 3 heteroatoms. The van der Waals surface area contributed by atoms with E-state index in [0.717, 1.165) is 19.1 Å². The molecule has 0 heterocycles. The maximum Gasteiger partial charge on any atom is 0.150 e. The molecule has 0 saturated carbocycles. The summed E-state index contributed by atoms with van der Waals surface area (Å²) in [7, 11) is 2.59. The van der Waals surface area contributed by atoms with Crippen LogP contribution < -0.4 is 4.74 Å². The summed E-state index contributed by atoms with van der Waals surface area (Å²) in [6, 6.07) is 6.94. The fourth-order valence-electron chi connectivity index (χ4n) is 0.682. The van der Waals surface area contributed by atoms with Gasteiger partial charge >= 0.3 is 0 Å². The largest absolute Gasteiger partial charge is 0.497 e. The van der Waals surface area contributed by atoms with E-state index in [0.29, 0.717) is 5.56 Å². The zero-order valence-corrected chi connectivity index (χ0v) is 7.15. The Bertz CT molecular complexity index is 216. The number of hydrogen-bond donors (Lipinski definition) is 1. The molecule has 0 saturated heterocycles. The van der Waals surface area contributed by atoms with Crippen LogP contribution >= 0.6 is 0 Å². The molecule has 0 amide bonds. The number of aliphatic hydroxyl groups excluding tert-OH is 1. The molecular weight excluding hydrogens is 156 g/mol. The molecule has 0 unspecified atom stereocenters. The van der Waals surface area contributed by atoms with E-state index in [9.17, 15) is 4.79 Å². The van der Waals surface area contributed by atoms with Crippen molar-refractivity contribution >= 4 is 6.29 Å². The van der Waals surface area contributed by atoms with Crippen molar-refractivity contribution in [3.05, 3.63) is 29.8 Å². The van der Waals surface area contributed by atoms with Gasteiger partial charge in [0.25, 0.3) is 0 Å². The van der Waals surface area contributed by atoms with Gasteiger partial charge < -0.3 is 9.84 Å². The third-order valence-corrected chi connectivity index (χ3v) is 1.25. The van der Waals surface area contributed by atoms with Gasteiger partial charge in [0.15, 0.2) is 0 Å². The highest BCUT2D eigenvalue weighted by Crippen LogP contribution is 2.09. The number of benzene rings is 1. The van der Waals surface area contributed by atoms with E-state index in [-0.39, 0.29) is 0 Å². The van der Waals surface area contributed by atoms with Crippen LogP contribution in [-0.2, 0) is 0 Å². The number of carbonyl (C=O) groups excluding carboxylic acids is 1. The molecule has 0 aliphatic rings. The van der Waals surface area contributed by atoms with E-state index in [1.54, 1.807) is 31.4 Å². The smallest absolute Gasteiger partial charge is 0.150 e. The van der Waals surface area contributed by atoms with Crippen LogP contribution in [0.25, 0.3) is 0 Å². The molecule has 1 aromatic rings. The minimum absolute atomic E-state index is 0.667. The van der Waals surface area contributed by atoms with Crippen LogP contribution in [0.2, 0.25) is 0 Å². The molecule has 0 aliphatic carbocycles. The Labute approximate surface area is 71.6 Å². The standard InChI is InChI=1S/C8H8O2.CH4O/c1-10-8-4-2-7(6-9)3-5-8;1-2/h2-6H,1H3;2H,1H3. The minimum Gasteiger partial charge on any atom is -0.497 e. The van der Waals surface area contributed by atoms with Gasteiger partial charge in [-0.25, -0.2) is 0 Å². The zero-order valence-electron chi connectivity index (χ0n) is 7.15. The van der Waals surface area contributed by atoms with E-state index in [4.69, 9.17) is 9.84 Å². The van der Waals surface area contributed by atoms with Gasteiger partial charge in [-0.3, -0.25) is 4.79 Å². The molecule has 0 radical (unpaired) electrons. The van der Waals surface area contributed by atoms with Gasteiger partial charge in [0, 0.05) is 12.7 Å². The number of aldehydes is 1. The predicted molar refractivity (Wildman–Crippen MR) is 46.5 cm³/mol. The fraction of sp³-hybridized carbons (Fsp3) is 0.222. The van der Waals surface area contributed by atoms with Crippen LogP contribution in [0.1, 0.15) is 10.4 Å². The first kappa shape index (κ1) is 10.7. The molecule has 3 nitrogen and oxygen atoms in total. The van der Waals surface area contributed by atoms with Crippen LogP contribution in [0.4, 0.5) is 0 Å². The predicted octanol–water partition coefficient (Wildman–Crippen LogP) is 1.12. The van der Waals surface area contributed by atoms with Gasteiger partial charge in [0.2, 0.25) is 0 Å². The molecule has 1 N–H and O–H groups in total. The van der Waals surface area contributed by atoms with E-state index in [1.165, 1.54) is 0 Å². The molecule has 0 bridgehead atoms. The highest BCUT2D eigenvalue weighted by atomic mass is 16.5. The van der Waals surface area contributed by atoms with Crippen molar-refractivity contribution in [2.45, 2.75) is 0 Å². The molecule has 0 fully saturated rings. The van der Waals surface area contributed by atoms with Crippen LogP contribution in [0, 0.1) is 0 Å². The molecule has 0 aromatic heterocycles. The minimum atomic E-state index is 0.667. The summed E-state index contributed by atoms with van der Waals surface area (Å²) in [6.07, 6.45) is 0.805. The van der Waals surface area contributed by atoms with E-state index in [2.05, 4.69) is 0 Å². The lowest BCUT2D eigenvalue weighted by molar-refractivity contribution is 0.112. The molecule has 0 aliphatic heterocycles. The number of hydrogen-bond acceptors (Lipinski definition) is 3. The molecule has 0 atom stereocenters. The monoisotopic (exact) mass is 168 g/mol. The molecule has 1 rings (SSSR count). The average molecular weight is 168 g/mol. The van der Waals surface area contributed by atoms with Gasteiger partial charge in [-0.15, -0.1) is 0 Å². The summed E-state index contributed by atoms with van der Waals surface area (Å²) in [5, 5.41) is 7.00. The third-order valence-electron chi connectivity index (χ3n) is 1.25. The molecule has 0 spiro atoms. The SMILES string of the molecule is CO.COc1ccc(C=O)cc1. The maximum absolute atomic E-state index is 10.2. The Morgan fingerprint density at radius 1 is 1.25 bits per heavy atom. The second-order valence-corrected chi connectivity index (χ2v) is 1.89. The van der Waals surface area contributed by atoms with Gasteiger partial charge in [-0.2, -0.15) is 0 Å². The highest BCUT2D eigenvalue weighted by molar-refractivity contribution is 5.74. The summed E-state index contributed by atoms with van der Waals surface area (Å²) in [5.41, 5.74) is 0.667. The van der Waals surface area contributed by atoms with Crippen molar-refractivity contribution in [2.75, 3.05) is 14.2 Å². The highest BCUT2D eigenvalue weighted by Gasteiger charge is 1.89. The average Bonchev–Trinajstić information content (AvgIpc) is 2.21. The van der Waals surface area contributed by atoms with Crippen molar-refractivity contribution < 1.29 is 14.6 Å².